The summed E-state index contributed by atoms with van der Waals surface area (Å²) in [5.74, 6) is -0.0415. The van der Waals surface area contributed by atoms with Gasteiger partial charge >= 0.3 is 0 Å². The highest BCUT2D eigenvalue weighted by Gasteiger charge is 2.14. The van der Waals surface area contributed by atoms with Gasteiger partial charge in [0.15, 0.2) is 0 Å². The Kier molecular flexibility index (Phi) is 4.95. The Hall–Kier alpha value is -2.18. The highest BCUT2D eigenvalue weighted by Crippen LogP contribution is 2.26. The number of carbonyl (C=O) groups is 1. The van der Waals surface area contributed by atoms with Crippen molar-refractivity contribution in [1.82, 2.24) is 5.32 Å². The van der Waals surface area contributed by atoms with Crippen LogP contribution in [0.3, 0.4) is 0 Å². The van der Waals surface area contributed by atoms with Crippen molar-refractivity contribution in [1.29, 1.82) is 0 Å². The molecule has 0 aromatic heterocycles. The van der Waals surface area contributed by atoms with Gasteiger partial charge < -0.3 is 5.32 Å². The zero-order valence-electron chi connectivity index (χ0n) is 12.2. The first-order valence-corrected chi connectivity index (χ1v) is 8.44. The molecule has 0 spiro atoms. The molecule has 5 nitrogen and oxygen atoms in total. The maximum Gasteiger partial charge on any atom is 0.238 e. The topological polar surface area (TPSA) is 89.3 Å². The Labute approximate surface area is 130 Å². The average Bonchev–Trinajstić information content (AvgIpc) is 2.47. The van der Waals surface area contributed by atoms with Crippen molar-refractivity contribution in [3.05, 3.63) is 54.1 Å². The molecule has 0 bridgehead atoms. The van der Waals surface area contributed by atoms with Crippen LogP contribution in [0.1, 0.15) is 12.5 Å². The lowest BCUT2D eigenvalue weighted by Crippen LogP contribution is -2.24. The standard InChI is InChI=1S/C16H18N2O3S/c1-2-18-16(19)11-12-7-9-13(10-8-12)14-5-3-4-6-15(14)22(17,20)21/h3-10H,2,11H2,1H3,(H,18,19)(H2,17,20,21). The lowest BCUT2D eigenvalue weighted by atomic mass is 10.0. The SMILES string of the molecule is CCNC(=O)Cc1ccc(-c2ccccc2S(N)(=O)=O)cc1. The first kappa shape index (κ1) is 16.2. The van der Waals surface area contributed by atoms with Gasteiger partial charge in [0.2, 0.25) is 15.9 Å². The molecule has 0 atom stereocenters. The summed E-state index contributed by atoms with van der Waals surface area (Å²) < 4.78 is 23.3. The molecule has 22 heavy (non-hydrogen) atoms. The van der Waals surface area contributed by atoms with Gasteiger partial charge in [-0.15, -0.1) is 0 Å². The van der Waals surface area contributed by atoms with E-state index < -0.39 is 10.0 Å². The summed E-state index contributed by atoms with van der Waals surface area (Å²) in [6, 6.07) is 13.8. The van der Waals surface area contributed by atoms with Crippen molar-refractivity contribution >= 4 is 15.9 Å². The zero-order chi connectivity index (χ0) is 16.2. The smallest absolute Gasteiger partial charge is 0.238 e. The third-order valence-electron chi connectivity index (χ3n) is 3.20. The van der Waals surface area contributed by atoms with Crippen molar-refractivity contribution < 1.29 is 13.2 Å². The van der Waals surface area contributed by atoms with E-state index >= 15 is 0 Å². The van der Waals surface area contributed by atoms with E-state index in [-0.39, 0.29) is 10.8 Å². The van der Waals surface area contributed by atoms with E-state index in [2.05, 4.69) is 5.32 Å². The fourth-order valence-corrected chi connectivity index (χ4v) is 2.96. The number of rotatable bonds is 5. The quantitative estimate of drug-likeness (QED) is 0.879. The van der Waals surface area contributed by atoms with Crippen LogP contribution in [-0.4, -0.2) is 20.9 Å². The van der Waals surface area contributed by atoms with Gasteiger partial charge in [0, 0.05) is 12.1 Å². The van der Waals surface area contributed by atoms with Gasteiger partial charge in [-0.1, -0.05) is 42.5 Å². The second kappa shape index (κ2) is 6.72. The third kappa shape index (κ3) is 3.93. The number of primary sulfonamides is 1. The minimum absolute atomic E-state index is 0.0415. The molecule has 2 aromatic carbocycles. The molecule has 0 aliphatic carbocycles. The Balaban J connectivity index is 2.31. The van der Waals surface area contributed by atoms with E-state index in [0.717, 1.165) is 11.1 Å². The summed E-state index contributed by atoms with van der Waals surface area (Å²) >= 11 is 0. The number of amides is 1. The van der Waals surface area contributed by atoms with Crippen molar-refractivity contribution in [2.24, 2.45) is 5.14 Å². The summed E-state index contributed by atoms with van der Waals surface area (Å²) in [5.41, 5.74) is 2.15. The van der Waals surface area contributed by atoms with Gasteiger partial charge in [-0.3, -0.25) is 4.79 Å². The molecule has 2 rings (SSSR count). The molecule has 0 aliphatic rings. The third-order valence-corrected chi connectivity index (χ3v) is 4.17. The molecule has 0 saturated carbocycles. The maximum atomic E-state index is 11.6. The van der Waals surface area contributed by atoms with Crippen molar-refractivity contribution in [2.75, 3.05) is 6.54 Å². The molecule has 0 heterocycles. The van der Waals surface area contributed by atoms with E-state index in [1.54, 1.807) is 30.3 Å². The molecular weight excluding hydrogens is 300 g/mol. The molecule has 1 amide bonds. The molecule has 2 aromatic rings. The fraction of sp³-hybridized carbons (Fsp3) is 0.188. The van der Waals surface area contributed by atoms with Crippen LogP contribution in [0.25, 0.3) is 11.1 Å². The summed E-state index contributed by atoms with van der Waals surface area (Å²) in [4.78, 5) is 11.6. The van der Waals surface area contributed by atoms with Crippen LogP contribution in [0, 0.1) is 0 Å². The van der Waals surface area contributed by atoms with Crippen LogP contribution in [-0.2, 0) is 21.2 Å². The number of likely N-dealkylation sites (N-methyl/N-ethyl adjacent to an activating group) is 1. The van der Waals surface area contributed by atoms with Gasteiger partial charge in [0.05, 0.1) is 11.3 Å². The molecule has 0 unspecified atom stereocenters. The Morgan fingerprint density at radius 3 is 2.32 bits per heavy atom. The molecule has 0 saturated heterocycles. The Morgan fingerprint density at radius 1 is 1.09 bits per heavy atom. The lowest BCUT2D eigenvalue weighted by Gasteiger charge is -2.09. The van der Waals surface area contributed by atoms with Gasteiger partial charge in [0.25, 0.3) is 0 Å². The van der Waals surface area contributed by atoms with E-state index in [9.17, 15) is 13.2 Å². The van der Waals surface area contributed by atoms with Gasteiger partial charge in [-0.25, -0.2) is 13.6 Å². The summed E-state index contributed by atoms with van der Waals surface area (Å²) in [7, 11) is -3.78. The van der Waals surface area contributed by atoms with E-state index in [0.29, 0.717) is 18.5 Å². The second-order valence-corrected chi connectivity index (χ2v) is 6.40. The molecule has 116 valence electrons. The van der Waals surface area contributed by atoms with Crippen molar-refractivity contribution in [3.8, 4) is 11.1 Å². The number of nitrogens with two attached hydrogens (primary N) is 1. The first-order chi connectivity index (χ1) is 10.4. The number of benzene rings is 2. The Morgan fingerprint density at radius 2 is 1.73 bits per heavy atom. The largest absolute Gasteiger partial charge is 0.356 e. The minimum Gasteiger partial charge on any atom is -0.356 e. The van der Waals surface area contributed by atoms with Crippen LogP contribution >= 0.6 is 0 Å². The van der Waals surface area contributed by atoms with E-state index in [1.807, 2.05) is 19.1 Å². The second-order valence-electron chi connectivity index (χ2n) is 4.87. The molecule has 0 fully saturated rings. The molecular formula is C16H18N2O3S. The van der Waals surface area contributed by atoms with E-state index in [1.165, 1.54) is 6.07 Å². The normalized spacial score (nSPS) is 11.2. The van der Waals surface area contributed by atoms with Crippen LogP contribution in [0.2, 0.25) is 0 Å². The lowest BCUT2D eigenvalue weighted by molar-refractivity contribution is -0.120. The Bertz CT molecular complexity index is 768. The first-order valence-electron chi connectivity index (χ1n) is 6.89. The molecule has 0 radical (unpaired) electrons. The number of hydrogen-bond donors (Lipinski definition) is 2. The highest BCUT2D eigenvalue weighted by atomic mass is 32.2. The fourth-order valence-electron chi connectivity index (χ4n) is 2.20. The van der Waals surface area contributed by atoms with Crippen LogP contribution in [0.4, 0.5) is 0 Å². The van der Waals surface area contributed by atoms with Crippen molar-refractivity contribution in [3.63, 3.8) is 0 Å². The summed E-state index contributed by atoms with van der Waals surface area (Å²) in [6.07, 6.45) is 0.297. The van der Waals surface area contributed by atoms with Crippen LogP contribution in [0.5, 0.6) is 0 Å². The van der Waals surface area contributed by atoms with E-state index in [4.69, 9.17) is 5.14 Å². The highest BCUT2D eigenvalue weighted by molar-refractivity contribution is 7.89. The van der Waals surface area contributed by atoms with Crippen LogP contribution < -0.4 is 10.5 Å². The predicted octanol–water partition coefficient (Wildman–Crippen LogP) is 1.68. The molecule has 0 aliphatic heterocycles. The van der Waals surface area contributed by atoms with Crippen LogP contribution in [0.15, 0.2) is 53.4 Å². The van der Waals surface area contributed by atoms with Gasteiger partial charge in [-0.05, 0) is 24.1 Å². The summed E-state index contributed by atoms with van der Waals surface area (Å²) in [6.45, 7) is 2.46. The van der Waals surface area contributed by atoms with Gasteiger partial charge in [0.1, 0.15) is 0 Å². The molecule has 3 N–H and O–H groups in total. The maximum absolute atomic E-state index is 11.6. The average molecular weight is 318 g/mol. The number of carbonyl (C=O) groups excluding carboxylic acids is 1. The summed E-state index contributed by atoms with van der Waals surface area (Å²) in [5, 5.41) is 7.98. The number of hydrogen-bond acceptors (Lipinski definition) is 3. The zero-order valence-corrected chi connectivity index (χ0v) is 13.1. The van der Waals surface area contributed by atoms with Gasteiger partial charge in [-0.2, -0.15) is 0 Å². The minimum atomic E-state index is -3.78. The van der Waals surface area contributed by atoms with Crippen molar-refractivity contribution in [2.45, 2.75) is 18.2 Å². The number of nitrogens with one attached hydrogen (secondary N) is 1. The predicted molar refractivity (Wildman–Crippen MR) is 85.6 cm³/mol. The monoisotopic (exact) mass is 318 g/mol. The number of sulfonamides is 1. The molecule has 6 heteroatoms.